The highest BCUT2D eigenvalue weighted by Gasteiger charge is 2.09. The van der Waals surface area contributed by atoms with Gasteiger partial charge in [0.25, 0.3) is 0 Å². The maximum Gasteiger partial charge on any atom is 0.400 e. The molecule has 0 bridgehead atoms. The SMILES string of the molecule is O=C(O)CCCCCCCCCCCCCCCCCCCNP(=O)(O)O. The first-order valence-electron chi connectivity index (χ1n) is 10.9. The predicted octanol–water partition coefficient (Wildman–Crippen LogP) is 5.78. The minimum atomic E-state index is -4.03. The fourth-order valence-corrected chi connectivity index (χ4v) is 3.73. The van der Waals surface area contributed by atoms with Gasteiger partial charge in [-0.2, -0.15) is 0 Å². The third-order valence-electron chi connectivity index (χ3n) is 4.89. The standard InChI is InChI=1S/C20H42NO5P/c22-20(23)18-16-14-12-10-8-6-4-2-1-3-5-7-9-11-13-15-17-19-21-27(24,25)26/h1-19H2,(H,22,23)(H3,21,24,25,26). The summed E-state index contributed by atoms with van der Waals surface area (Å²) >= 11 is 0. The van der Waals surface area contributed by atoms with E-state index in [9.17, 15) is 9.36 Å². The van der Waals surface area contributed by atoms with E-state index in [-0.39, 0.29) is 0 Å². The zero-order valence-electron chi connectivity index (χ0n) is 17.0. The molecule has 0 radical (unpaired) electrons. The molecule has 0 heterocycles. The summed E-state index contributed by atoms with van der Waals surface area (Å²) in [4.78, 5) is 27.7. The second-order valence-corrected chi connectivity index (χ2v) is 9.01. The summed E-state index contributed by atoms with van der Waals surface area (Å²) in [6, 6.07) is 0. The lowest BCUT2D eigenvalue weighted by molar-refractivity contribution is -0.137. The van der Waals surface area contributed by atoms with Gasteiger partial charge in [-0.25, -0.2) is 9.65 Å². The second-order valence-electron chi connectivity index (χ2n) is 7.61. The normalized spacial score (nSPS) is 11.8. The molecule has 0 spiro atoms. The third-order valence-corrected chi connectivity index (χ3v) is 5.52. The Labute approximate surface area is 165 Å². The monoisotopic (exact) mass is 407 g/mol. The fraction of sp³-hybridized carbons (Fsp3) is 0.950. The zero-order valence-corrected chi connectivity index (χ0v) is 17.9. The van der Waals surface area contributed by atoms with Crippen molar-refractivity contribution in [1.82, 2.24) is 5.09 Å². The van der Waals surface area contributed by atoms with E-state index in [0.717, 1.165) is 32.1 Å². The molecule has 0 fully saturated rings. The van der Waals surface area contributed by atoms with E-state index in [2.05, 4.69) is 5.09 Å². The van der Waals surface area contributed by atoms with Crippen LogP contribution in [-0.2, 0) is 9.36 Å². The molecule has 0 atom stereocenters. The van der Waals surface area contributed by atoms with Crippen LogP contribution in [-0.4, -0.2) is 27.4 Å². The van der Waals surface area contributed by atoms with Crippen molar-refractivity contribution in [2.75, 3.05) is 6.54 Å². The van der Waals surface area contributed by atoms with Crippen LogP contribution in [0, 0.1) is 0 Å². The summed E-state index contributed by atoms with van der Waals surface area (Å²) in [7, 11) is -4.03. The number of unbranched alkanes of at least 4 members (excludes halogenated alkanes) is 16. The van der Waals surface area contributed by atoms with Crippen LogP contribution in [0.2, 0.25) is 0 Å². The van der Waals surface area contributed by atoms with Gasteiger partial charge in [-0.1, -0.05) is 96.3 Å². The summed E-state index contributed by atoms with van der Waals surface area (Å²) in [6.07, 6.45) is 20.7. The van der Waals surface area contributed by atoms with Crippen molar-refractivity contribution in [3.05, 3.63) is 0 Å². The summed E-state index contributed by atoms with van der Waals surface area (Å²) in [5.41, 5.74) is 0. The van der Waals surface area contributed by atoms with Gasteiger partial charge in [0.15, 0.2) is 0 Å². The van der Waals surface area contributed by atoms with Gasteiger partial charge >= 0.3 is 13.7 Å². The van der Waals surface area contributed by atoms with Crippen molar-refractivity contribution in [1.29, 1.82) is 0 Å². The lowest BCUT2D eigenvalue weighted by atomic mass is 10.0. The summed E-state index contributed by atoms with van der Waals surface area (Å²) < 4.78 is 10.6. The predicted molar refractivity (Wildman–Crippen MR) is 111 cm³/mol. The average molecular weight is 408 g/mol. The molecule has 0 aliphatic rings. The Balaban J connectivity index is 3.05. The van der Waals surface area contributed by atoms with Crippen LogP contribution in [0.25, 0.3) is 0 Å². The first-order chi connectivity index (χ1) is 12.9. The topological polar surface area (TPSA) is 107 Å². The lowest BCUT2D eigenvalue weighted by Gasteiger charge is -2.06. The van der Waals surface area contributed by atoms with Crippen molar-refractivity contribution >= 4 is 13.7 Å². The van der Waals surface area contributed by atoms with E-state index in [0.29, 0.717) is 13.0 Å². The zero-order chi connectivity index (χ0) is 20.2. The van der Waals surface area contributed by atoms with Gasteiger partial charge in [0, 0.05) is 13.0 Å². The molecule has 0 amide bonds. The maximum absolute atomic E-state index is 10.6. The number of hydrogen-bond donors (Lipinski definition) is 4. The number of aliphatic carboxylic acids is 1. The van der Waals surface area contributed by atoms with Gasteiger partial charge in [0.05, 0.1) is 0 Å². The first kappa shape index (κ1) is 26.6. The van der Waals surface area contributed by atoms with E-state index >= 15 is 0 Å². The van der Waals surface area contributed by atoms with Crippen molar-refractivity contribution in [3.8, 4) is 0 Å². The molecule has 0 aromatic carbocycles. The molecule has 0 aromatic rings. The minimum Gasteiger partial charge on any atom is -0.481 e. The Morgan fingerprint density at radius 2 is 0.889 bits per heavy atom. The van der Waals surface area contributed by atoms with E-state index in [1.807, 2.05) is 0 Å². The molecular weight excluding hydrogens is 365 g/mol. The number of carboxylic acids is 1. The van der Waals surface area contributed by atoms with Crippen molar-refractivity contribution in [2.24, 2.45) is 0 Å². The van der Waals surface area contributed by atoms with Crippen LogP contribution in [0.5, 0.6) is 0 Å². The molecule has 27 heavy (non-hydrogen) atoms. The maximum atomic E-state index is 10.6. The molecule has 7 heteroatoms. The summed E-state index contributed by atoms with van der Waals surface area (Å²) in [5, 5.41) is 10.8. The Hall–Kier alpha value is -0.420. The highest BCUT2D eigenvalue weighted by Crippen LogP contribution is 2.27. The minimum absolute atomic E-state index is 0.316. The molecule has 162 valence electrons. The van der Waals surface area contributed by atoms with Crippen molar-refractivity contribution in [2.45, 2.75) is 116 Å². The fourth-order valence-electron chi connectivity index (χ4n) is 3.28. The molecule has 0 saturated carbocycles. The average Bonchev–Trinajstić information content (AvgIpc) is 2.58. The smallest absolute Gasteiger partial charge is 0.400 e. The first-order valence-corrected chi connectivity index (χ1v) is 12.6. The molecule has 0 aliphatic heterocycles. The van der Waals surface area contributed by atoms with Crippen LogP contribution in [0.4, 0.5) is 0 Å². The number of carbonyl (C=O) groups is 1. The number of rotatable bonds is 21. The molecule has 0 aliphatic carbocycles. The van der Waals surface area contributed by atoms with E-state index in [4.69, 9.17) is 14.9 Å². The Morgan fingerprint density at radius 1 is 0.593 bits per heavy atom. The lowest BCUT2D eigenvalue weighted by Crippen LogP contribution is -2.10. The number of carboxylic acid groups (broad SMARTS) is 1. The van der Waals surface area contributed by atoms with Gasteiger partial charge < -0.3 is 14.9 Å². The molecule has 0 rings (SSSR count). The van der Waals surface area contributed by atoms with Crippen LogP contribution in [0.15, 0.2) is 0 Å². The number of nitrogens with one attached hydrogen (secondary N) is 1. The second kappa shape index (κ2) is 18.9. The Kier molecular flexibility index (Phi) is 18.6. The molecule has 0 aromatic heterocycles. The van der Waals surface area contributed by atoms with Gasteiger partial charge in [-0.05, 0) is 12.8 Å². The van der Waals surface area contributed by atoms with E-state index < -0.39 is 13.7 Å². The van der Waals surface area contributed by atoms with Gasteiger partial charge in [-0.15, -0.1) is 0 Å². The Bertz CT molecular complexity index is 387. The highest BCUT2D eigenvalue weighted by molar-refractivity contribution is 7.49. The number of hydrogen-bond acceptors (Lipinski definition) is 2. The highest BCUT2D eigenvalue weighted by atomic mass is 31.2. The molecule has 4 N–H and O–H groups in total. The van der Waals surface area contributed by atoms with Crippen LogP contribution < -0.4 is 5.09 Å². The molecule has 0 unspecified atom stereocenters. The van der Waals surface area contributed by atoms with Crippen LogP contribution in [0.1, 0.15) is 116 Å². The largest absolute Gasteiger partial charge is 0.481 e. The molecular formula is C20H42NO5P. The van der Waals surface area contributed by atoms with Gasteiger partial charge in [0.1, 0.15) is 0 Å². The van der Waals surface area contributed by atoms with Crippen molar-refractivity contribution in [3.63, 3.8) is 0 Å². The third kappa shape index (κ3) is 25.6. The van der Waals surface area contributed by atoms with Gasteiger partial charge in [0.2, 0.25) is 0 Å². The molecule has 6 nitrogen and oxygen atoms in total. The quantitative estimate of drug-likeness (QED) is 0.142. The Morgan fingerprint density at radius 3 is 1.19 bits per heavy atom. The van der Waals surface area contributed by atoms with Crippen LogP contribution >= 0.6 is 7.75 Å². The van der Waals surface area contributed by atoms with Crippen molar-refractivity contribution < 1.29 is 24.3 Å². The summed E-state index contributed by atoms with van der Waals surface area (Å²) in [5.74, 6) is -0.677. The van der Waals surface area contributed by atoms with Crippen LogP contribution in [0.3, 0.4) is 0 Å². The van der Waals surface area contributed by atoms with E-state index in [1.54, 1.807) is 0 Å². The molecule has 0 saturated heterocycles. The van der Waals surface area contributed by atoms with E-state index in [1.165, 1.54) is 77.0 Å². The summed E-state index contributed by atoms with van der Waals surface area (Å²) in [6.45, 7) is 0.398. The van der Waals surface area contributed by atoms with Gasteiger partial charge in [-0.3, -0.25) is 4.79 Å².